The summed E-state index contributed by atoms with van der Waals surface area (Å²) in [5.41, 5.74) is 11.8. The van der Waals surface area contributed by atoms with Crippen LogP contribution in [0.2, 0.25) is 0 Å². The van der Waals surface area contributed by atoms with E-state index in [-0.39, 0.29) is 0 Å². The number of hydrogen-bond donors (Lipinski definition) is 1. The van der Waals surface area contributed by atoms with Crippen molar-refractivity contribution in [2.75, 3.05) is 19.3 Å². The van der Waals surface area contributed by atoms with Gasteiger partial charge in [0.25, 0.3) is 0 Å². The Hall–Kier alpha value is -2.76. The molecule has 5 heteroatoms. The van der Waals surface area contributed by atoms with Crippen LogP contribution < -0.4 is 5.73 Å². The fourth-order valence-electron chi connectivity index (χ4n) is 3.99. The Balaban J connectivity index is 1.57. The fraction of sp³-hybridized carbons (Fsp3) is 0.182. The maximum Gasteiger partial charge on any atom is 0.146 e. The lowest BCUT2D eigenvalue weighted by Gasteiger charge is -2.33. The van der Waals surface area contributed by atoms with E-state index >= 15 is 0 Å². The molecule has 0 saturated heterocycles. The average molecular weight is 372 g/mol. The molecule has 2 N–H and O–H groups in total. The van der Waals surface area contributed by atoms with Gasteiger partial charge in [-0.3, -0.25) is 0 Å². The predicted octanol–water partition coefficient (Wildman–Crippen LogP) is 4.52. The van der Waals surface area contributed by atoms with E-state index in [0.717, 1.165) is 24.3 Å². The van der Waals surface area contributed by atoms with Gasteiger partial charge in [-0.25, -0.2) is 0 Å². The molecule has 5 rings (SSSR count). The first-order chi connectivity index (χ1) is 13.2. The number of fused-ring (bicyclic) bond motifs is 2. The maximum absolute atomic E-state index is 5.67. The van der Waals surface area contributed by atoms with Crippen molar-refractivity contribution in [1.29, 1.82) is 0 Å². The maximum atomic E-state index is 5.67. The summed E-state index contributed by atoms with van der Waals surface area (Å²) in [6, 6.07) is 19.5. The minimum Gasteiger partial charge on any atom is -0.382 e. The topological polar surface area (TPSA) is 55.0 Å². The summed E-state index contributed by atoms with van der Waals surface area (Å²) < 4.78 is 1.35. The molecule has 0 amide bonds. The normalized spacial score (nSPS) is 17.1. The summed E-state index contributed by atoms with van der Waals surface area (Å²) in [6.45, 7) is 1.98. The van der Waals surface area contributed by atoms with Gasteiger partial charge in [0.2, 0.25) is 0 Å². The van der Waals surface area contributed by atoms with E-state index in [9.17, 15) is 0 Å². The number of anilines is 1. The van der Waals surface area contributed by atoms with Crippen LogP contribution in [0.1, 0.15) is 22.6 Å². The standard InChI is InChI=1S/C22H20N4S/c1-26-12-17-11-15(20-5-7-22(23)25-24-20)2-4-18(17)19(13-26)14-3-6-21-16(10-14)8-9-27-21/h2-11,19H,12-13H2,1H3,(H2,23,25). The van der Waals surface area contributed by atoms with Crippen molar-refractivity contribution in [2.45, 2.75) is 12.5 Å². The van der Waals surface area contributed by atoms with E-state index in [4.69, 9.17) is 5.73 Å². The average Bonchev–Trinajstić information content (AvgIpc) is 3.15. The molecule has 2 aromatic carbocycles. The van der Waals surface area contributed by atoms with Gasteiger partial charge in [0.1, 0.15) is 5.82 Å². The predicted molar refractivity (Wildman–Crippen MR) is 112 cm³/mol. The number of aromatic nitrogens is 2. The first-order valence-corrected chi connectivity index (χ1v) is 9.93. The molecule has 1 aliphatic rings. The zero-order valence-corrected chi connectivity index (χ0v) is 15.9. The van der Waals surface area contributed by atoms with Crippen molar-refractivity contribution in [3.05, 3.63) is 76.7 Å². The Kier molecular flexibility index (Phi) is 3.92. The number of rotatable bonds is 2. The lowest BCUT2D eigenvalue weighted by molar-refractivity contribution is 0.295. The molecule has 0 bridgehead atoms. The third-order valence-electron chi connectivity index (χ3n) is 5.31. The van der Waals surface area contributed by atoms with Crippen molar-refractivity contribution in [3.8, 4) is 11.3 Å². The minimum atomic E-state index is 0.384. The molecule has 4 nitrogen and oxygen atoms in total. The van der Waals surface area contributed by atoms with Crippen molar-refractivity contribution >= 4 is 27.2 Å². The Bertz CT molecular complexity index is 1120. The zero-order valence-electron chi connectivity index (χ0n) is 15.1. The van der Waals surface area contributed by atoms with Crippen molar-refractivity contribution in [3.63, 3.8) is 0 Å². The SMILES string of the molecule is CN1Cc2cc(-c3ccc(N)nn3)ccc2C(c2ccc3sccc3c2)C1. The lowest BCUT2D eigenvalue weighted by Crippen LogP contribution is -2.31. The Morgan fingerprint density at radius 3 is 2.81 bits per heavy atom. The van der Waals surface area contributed by atoms with Gasteiger partial charge in [-0.2, -0.15) is 0 Å². The van der Waals surface area contributed by atoms with Crippen LogP contribution in [0.3, 0.4) is 0 Å². The molecule has 134 valence electrons. The number of nitrogen functional groups attached to an aromatic ring is 1. The highest BCUT2D eigenvalue weighted by molar-refractivity contribution is 7.17. The second kappa shape index (κ2) is 6.44. The van der Waals surface area contributed by atoms with E-state index in [1.165, 1.54) is 26.8 Å². The van der Waals surface area contributed by atoms with E-state index in [1.54, 1.807) is 17.4 Å². The first kappa shape index (κ1) is 16.4. The molecule has 0 aliphatic carbocycles. The van der Waals surface area contributed by atoms with Crippen molar-refractivity contribution < 1.29 is 0 Å². The van der Waals surface area contributed by atoms with Crippen LogP contribution in [0.5, 0.6) is 0 Å². The van der Waals surface area contributed by atoms with Crippen LogP contribution in [-0.2, 0) is 6.54 Å². The summed E-state index contributed by atoms with van der Waals surface area (Å²) in [5, 5.41) is 11.7. The number of likely N-dealkylation sites (N-methyl/N-ethyl adjacent to an activating group) is 1. The number of thiophene rings is 1. The van der Waals surface area contributed by atoms with Crippen LogP contribution in [0.4, 0.5) is 5.82 Å². The number of nitrogens with zero attached hydrogens (tertiary/aromatic N) is 3. The molecule has 27 heavy (non-hydrogen) atoms. The first-order valence-electron chi connectivity index (χ1n) is 9.05. The number of nitrogens with two attached hydrogens (primary N) is 1. The summed E-state index contributed by atoms with van der Waals surface area (Å²) in [4.78, 5) is 2.39. The van der Waals surface area contributed by atoms with Gasteiger partial charge < -0.3 is 10.6 Å². The fourth-order valence-corrected chi connectivity index (χ4v) is 4.76. The summed E-state index contributed by atoms with van der Waals surface area (Å²) in [5.74, 6) is 0.829. The van der Waals surface area contributed by atoms with Crippen LogP contribution in [0, 0.1) is 0 Å². The smallest absolute Gasteiger partial charge is 0.146 e. The zero-order chi connectivity index (χ0) is 18.4. The van der Waals surface area contributed by atoms with Gasteiger partial charge in [-0.05, 0) is 70.9 Å². The Morgan fingerprint density at radius 2 is 1.96 bits per heavy atom. The van der Waals surface area contributed by atoms with Gasteiger partial charge in [0.15, 0.2) is 0 Å². The lowest BCUT2D eigenvalue weighted by atomic mass is 9.83. The number of benzene rings is 2. The van der Waals surface area contributed by atoms with Crippen LogP contribution in [0.15, 0.2) is 60.0 Å². The van der Waals surface area contributed by atoms with E-state index in [2.05, 4.69) is 70.0 Å². The quantitative estimate of drug-likeness (QED) is 0.562. The molecular formula is C22H20N4S. The molecule has 1 unspecified atom stereocenters. The molecule has 0 spiro atoms. The Labute approximate surface area is 162 Å². The summed E-state index contributed by atoms with van der Waals surface area (Å²) >= 11 is 1.80. The van der Waals surface area contributed by atoms with Crippen LogP contribution in [-0.4, -0.2) is 28.7 Å². The molecule has 4 aromatic rings. The third-order valence-corrected chi connectivity index (χ3v) is 6.21. The van der Waals surface area contributed by atoms with Gasteiger partial charge in [-0.15, -0.1) is 21.5 Å². The molecule has 0 fully saturated rings. The second-order valence-corrected chi connectivity index (χ2v) is 8.17. The summed E-state index contributed by atoms with van der Waals surface area (Å²) in [6.07, 6.45) is 0. The molecule has 0 radical (unpaired) electrons. The highest BCUT2D eigenvalue weighted by Gasteiger charge is 2.25. The van der Waals surface area contributed by atoms with E-state index in [0.29, 0.717) is 11.7 Å². The Morgan fingerprint density at radius 1 is 1.04 bits per heavy atom. The van der Waals surface area contributed by atoms with Crippen molar-refractivity contribution in [1.82, 2.24) is 15.1 Å². The molecular weight excluding hydrogens is 352 g/mol. The third kappa shape index (κ3) is 2.99. The van der Waals surface area contributed by atoms with Crippen LogP contribution in [0.25, 0.3) is 21.3 Å². The molecule has 2 aromatic heterocycles. The highest BCUT2D eigenvalue weighted by atomic mass is 32.1. The molecule has 0 saturated carbocycles. The van der Waals surface area contributed by atoms with Gasteiger partial charge >= 0.3 is 0 Å². The number of hydrogen-bond acceptors (Lipinski definition) is 5. The van der Waals surface area contributed by atoms with Gasteiger partial charge in [0.05, 0.1) is 5.69 Å². The van der Waals surface area contributed by atoms with Gasteiger partial charge in [0, 0.05) is 29.3 Å². The second-order valence-electron chi connectivity index (χ2n) is 7.22. The van der Waals surface area contributed by atoms with Gasteiger partial charge in [-0.1, -0.05) is 18.2 Å². The van der Waals surface area contributed by atoms with Crippen molar-refractivity contribution in [2.24, 2.45) is 0 Å². The van der Waals surface area contributed by atoms with E-state index in [1.807, 2.05) is 6.07 Å². The van der Waals surface area contributed by atoms with Crippen LogP contribution >= 0.6 is 11.3 Å². The monoisotopic (exact) mass is 372 g/mol. The molecule has 3 heterocycles. The molecule has 1 atom stereocenters. The van der Waals surface area contributed by atoms with E-state index < -0.39 is 0 Å². The minimum absolute atomic E-state index is 0.384. The summed E-state index contributed by atoms with van der Waals surface area (Å²) in [7, 11) is 2.19. The molecule has 1 aliphatic heterocycles. The largest absolute Gasteiger partial charge is 0.382 e. The highest BCUT2D eigenvalue weighted by Crippen LogP contribution is 2.36.